The molecule has 1 nitrogen and oxygen atoms in total. The van der Waals surface area contributed by atoms with Crippen molar-refractivity contribution >= 4 is 5.69 Å². The van der Waals surface area contributed by atoms with Gasteiger partial charge in [-0.1, -0.05) is 20.8 Å². The molecule has 0 aliphatic heterocycles. The molecule has 0 saturated carbocycles. The Labute approximate surface area is 83.1 Å². The highest BCUT2D eigenvalue weighted by Gasteiger charge is 2.11. The molecule has 0 aliphatic rings. The van der Waals surface area contributed by atoms with Crippen LogP contribution >= 0.6 is 0 Å². The topological polar surface area (TPSA) is 12.0 Å². The normalized spacial score (nSPS) is 11.5. The summed E-state index contributed by atoms with van der Waals surface area (Å²) >= 11 is 0. The van der Waals surface area contributed by atoms with Crippen LogP contribution in [-0.2, 0) is 0 Å². The largest absolute Gasteiger partial charge is 0.382 e. The van der Waals surface area contributed by atoms with E-state index in [-0.39, 0.29) is 5.41 Å². The number of halogens is 2. The van der Waals surface area contributed by atoms with Crippen molar-refractivity contribution in [2.75, 3.05) is 11.9 Å². The number of rotatable bonds is 2. The van der Waals surface area contributed by atoms with Gasteiger partial charge in [0, 0.05) is 12.6 Å². The lowest BCUT2D eigenvalue weighted by atomic mass is 9.97. The smallest absolute Gasteiger partial charge is 0.149 e. The van der Waals surface area contributed by atoms with Crippen LogP contribution in [0.4, 0.5) is 14.5 Å². The van der Waals surface area contributed by atoms with E-state index in [4.69, 9.17) is 0 Å². The summed E-state index contributed by atoms with van der Waals surface area (Å²) in [5.74, 6) is -1.10. The second-order valence-electron chi connectivity index (χ2n) is 4.54. The monoisotopic (exact) mass is 199 g/mol. The van der Waals surface area contributed by atoms with Gasteiger partial charge in [0.25, 0.3) is 0 Å². The zero-order chi connectivity index (χ0) is 10.8. The minimum absolute atomic E-state index is 0.0703. The molecule has 0 spiro atoms. The van der Waals surface area contributed by atoms with Crippen molar-refractivity contribution in [3.05, 3.63) is 29.8 Å². The summed E-state index contributed by atoms with van der Waals surface area (Å²) in [5, 5.41) is 2.94. The molecule has 0 fully saturated rings. The van der Waals surface area contributed by atoms with Gasteiger partial charge in [-0.25, -0.2) is 8.78 Å². The SMILES string of the molecule is CC(C)(C)CNc1ccc(F)cc1F. The molecule has 1 aromatic rings. The molecule has 0 heterocycles. The standard InChI is InChI=1S/C11H15F2N/c1-11(2,3)7-14-10-5-4-8(12)6-9(10)13/h4-6,14H,7H2,1-3H3. The summed E-state index contributed by atoms with van der Waals surface area (Å²) in [7, 11) is 0. The molecule has 1 N–H and O–H groups in total. The molecular weight excluding hydrogens is 184 g/mol. The van der Waals surface area contributed by atoms with Gasteiger partial charge in [0.15, 0.2) is 0 Å². The van der Waals surface area contributed by atoms with E-state index in [0.717, 1.165) is 6.07 Å². The molecule has 0 atom stereocenters. The third-order valence-corrected chi connectivity index (χ3v) is 1.74. The van der Waals surface area contributed by atoms with Crippen LogP contribution in [0.15, 0.2) is 18.2 Å². The predicted molar refractivity (Wildman–Crippen MR) is 54.3 cm³/mol. The fourth-order valence-electron chi connectivity index (χ4n) is 0.993. The van der Waals surface area contributed by atoms with Gasteiger partial charge in [0.2, 0.25) is 0 Å². The van der Waals surface area contributed by atoms with Gasteiger partial charge < -0.3 is 5.32 Å². The van der Waals surface area contributed by atoms with Crippen molar-refractivity contribution in [1.82, 2.24) is 0 Å². The zero-order valence-electron chi connectivity index (χ0n) is 8.70. The molecule has 0 radical (unpaired) electrons. The third-order valence-electron chi connectivity index (χ3n) is 1.74. The van der Waals surface area contributed by atoms with E-state index in [2.05, 4.69) is 5.32 Å². The van der Waals surface area contributed by atoms with E-state index in [0.29, 0.717) is 12.2 Å². The van der Waals surface area contributed by atoms with E-state index in [1.807, 2.05) is 20.8 Å². The summed E-state index contributed by atoms with van der Waals surface area (Å²) in [6.07, 6.45) is 0. The van der Waals surface area contributed by atoms with Gasteiger partial charge in [0.1, 0.15) is 11.6 Å². The molecule has 0 saturated heterocycles. The minimum atomic E-state index is -0.552. The average molecular weight is 199 g/mol. The van der Waals surface area contributed by atoms with E-state index in [1.165, 1.54) is 12.1 Å². The molecule has 0 bridgehead atoms. The molecule has 14 heavy (non-hydrogen) atoms. The maximum Gasteiger partial charge on any atom is 0.149 e. The quantitative estimate of drug-likeness (QED) is 0.769. The number of hydrogen-bond donors (Lipinski definition) is 1. The summed E-state index contributed by atoms with van der Waals surface area (Å²) in [6, 6.07) is 3.54. The summed E-state index contributed by atoms with van der Waals surface area (Å²) in [5.41, 5.74) is 0.419. The van der Waals surface area contributed by atoms with Gasteiger partial charge in [-0.15, -0.1) is 0 Å². The summed E-state index contributed by atoms with van der Waals surface area (Å²) < 4.78 is 25.7. The molecule has 0 amide bonds. The van der Waals surface area contributed by atoms with Crippen LogP contribution in [0, 0.1) is 17.0 Å². The first kappa shape index (κ1) is 11.0. The Morgan fingerprint density at radius 3 is 2.36 bits per heavy atom. The average Bonchev–Trinajstić information content (AvgIpc) is 2.00. The first-order chi connectivity index (χ1) is 6.38. The number of benzene rings is 1. The Morgan fingerprint density at radius 2 is 1.86 bits per heavy atom. The van der Waals surface area contributed by atoms with E-state index >= 15 is 0 Å². The van der Waals surface area contributed by atoms with Gasteiger partial charge in [-0.3, -0.25) is 0 Å². The van der Waals surface area contributed by atoms with Crippen LogP contribution in [0.5, 0.6) is 0 Å². The lowest BCUT2D eigenvalue weighted by molar-refractivity contribution is 0.441. The Balaban J connectivity index is 2.68. The van der Waals surface area contributed by atoms with Crippen LogP contribution in [0.3, 0.4) is 0 Å². The molecule has 1 aromatic carbocycles. The Morgan fingerprint density at radius 1 is 1.21 bits per heavy atom. The predicted octanol–water partition coefficient (Wildman–Crippen LogP) is 3.42. The van der Waals surface area contributed by atoms with Crippen LogP contribution < -0.4 is 5.32 Å². The molecule has 0 aliphatic carbocycles. The maximum absolute atomic E-state index is 13.1. The van der Waals surface area contributed by atoms with E-state index < -0.39 is 11.6 Å². The van der Waals surface area contributed by atoms with E-state index in [9.17, 15) is 8.78 Å². The molecule has 0 aromatic heterocycles. The maximum atomic E-state index is 13.1. The number of anilines is 1. The fraction of sp³-hybridized carbons (Fsp3) is 0.455. The molecule has 78 valence electrons. The van der Waals surface area contributed by atoms with Crippen LogP contribution in [-0.4, -0.2) is 6.54 Å². The lowest BCUT2D eigenvalue weighted by Crippen LogP contribution is -2.19. The van der Waals surface area contributed by atoms with Crippen molar-refractivity contribution < 1.29 is 8.78 Å². The van der Waals surface area contributed by atoms with Crippen LogP contribution in [0.25, 0.3) is 0 Å². The van der Waals surface area contributed by atoms with Crippen molar-refractivity contribution in [3.63, 3.8) is 0 Å². The van der Waals surface area contributed by atoms with Gasteiger partial charge in [-0.2, -0.15) is 0 Å². The van der Waals surface area contributed by atoms with E-state index in [1.54, 1.807) is 0 Å². The third kappa shape index (κ3) is 3.32. The molecule has 0 unspecified atom stereocenters. The fourth-order valence-corrected chi connectivity index (χ4v) is 0.993. The Bertz CT molecular complexity index is 316. The number of nitrogens with one attached hydrogen (secondary N) is 1. The minimum Gasteiger partial charge on any atom is -0.382 e. The van der Waals surface area contributed by atoms with Crippen molar-refractivity contribution in [1.29, 1.82) is 0 Å². The van der Waals surface area contributed by atoms with Gasteiger partial charge >= 0.3 is 0 Å². The highest BCUT2D eigenvalue weighted by molar-refractivity contribution is 5.44. The van der Waals surface area contributed by atoms with Crippen molar-refractivity contribution in [2.45, 2.75) is 20.8 Å². The zero-order valence-corrected chi connectivity index (χ0v) is 8.70. The number of hydrogen-bond acceptors (Lipinski definition) is 1. The van der Waals surface area contributed by atoms with Crippen molar-refractivity contribution in [3.8, 4) is 0 Å². The van der Waals surface area contributed by atoms with Crippen molar-refractivity contribution in [2.24, 2.45) is 5.41 Å². The molecular formula is C11H15F2N. The first-order valence-electron chi connectivity index (χ1n) is 4.57. The highest BCUT2D eigenvalue weighted by atomic mass is 19.1. The lowest BCUT2D eigenvalue weighted by Gasteiger charge is -2.19. The second kappa shape index (κ2) is 3.95. The molecule has 3 heteroatoms. The first-order valence-corrected chi connectivity index (χ1v) is 4.57. The second-order valence-corrected chi connectivity index (χ2v) is 4.54. The Kier molecular flexibility index (Phi) is 3.09. The van der Waals surface area contributed by atoms with Gasteiger partial charge in [-0.05, 0) is 17.5 Å². The van der Waals surface area contributed by atoms with Crippen LogP contribution in [0.1, 0.15) is 20.8 Å². The highest BCUT2D eigenvalue weighted by Crippen LogP contribution is 2.18. The summed E-state index contributed by atoms with van der Waals surface area (Å²) in [6.45, 7) is 6.78. The Hall–Kier alpha value is -1.12. The van der Waals surface area contributed by atoms with Gasteiger partial charge in [0.05, 0.1) is 5.69 Å². The molecule has 1 rings (SSSR count). The van der Waals surface area contributed by atoms with Crippen LogP contribution in [0.2, 0.25) is 0 Å². The summed E-state index contributed by atoms with van der Waals surface area (Å²) in [4.78, 5) is 0.